The van der Waals surface area contributed by atoms with Gasteiger partial charge in [0.05, 0.1) is 25.7 Å². The first kappa shape index (κ1) is 20.8. The van der Waals surface area contributed by atoms with Gasteiger partial charge in [0.2, 0.25) is 5.91 Å². The number of carbonyl (C=O) groups excluding carboxylic acids is 1. The molecule has 2 aromatic carbocycles. The average molecular weight is 439 g/mol. The summed E-state index contributed by atoms with van der Waals surface area (Å²) in [6.45, 7) is 2.33. The summed E-state index contributed by atoms with van der Waals surface area (Å²) in [7, 11) is 3.09. The predicted molar refractivity (Wildman–Crippen MR) is 122 cm³/mol. The number of nitrogens with one attached hydrogen (secondary N) is 2. The van der Waals surface area contributed by atoms with E-state index in [4.69, 9.17) is 14.5 Å². The van der Waals surface area contributed by atoms with E-state index in [2.05, 4.69) is 10.3 Å². The number of thioether (sulfide) groups is 1. The lowest BCUT2D eigenvalue weighted by molar-refractivity contribution is -0.113. The maximum atomic E-state index is 13.0. The number of para-hydroxylation sites is 1. The van der Waals surface area contributed by atoms with Crippen molar-refractivity contribution in [1.29, 1.82) is 0 Å². The molecule has 2 aromatic heterocycles. The molecule has 0 radical (unpaired) electrons. The minimum atomic E-state index is -0.232. The van der Waals surface area contributed by atoms with E-state index in [1.54, 1.807) is 29.9 Å². The number of fused-ring (bicyclic) bond motifs is 3. The zero-order valence-corrected chi connectivity index (χ0v) is 18.2. The number of nitrogens with zero attached hydrogens (tertiary/aromatic N) is 2. The van der Waals surface area contributed by atoms with Crippen molar-refractivity contribution in [2.45, 2.75) is 18.6 Å². The van der Waals surface area contributed by atoms with Gasteiger partial charge in [0.15, 0.2) is 5.16 Å². The lowest BCUT2D eigenvalue weighted by Crippen LogP contribution is -2.23. The minimum absolute atomic E-state index is 0.0927. The van der Waals surface area contributed by atoms with Crippen LogP contribution in [0.5, 0.6) is 11.5 Å². The van der Waals surface area contributed by atoms with E-state index in [-0.39, 0.29) is 17.2 Å². The Labute approximate surface area is 182 Å². The Balaban J connectivity index is 1.59. The third kappa shape index (κ3) is 3.96. The van der Waals surface area contributed by atoms with E-state index in [9.17, 15) is 9.59 Å². The number of hydrogen-bond donors (Lipinski definition) is 2. The molecule has 4 rings (SSSR count). The van der Waals surface area contributed by atoms with Crippen LogP contribution in [0.3, 0.4) is 0 Å². The van der Waals surface area contributed by atoms with Gasteiger partial charge in [-0.2, -0.15) is 0 Å². The SMILES string of the molecule is CCn1c(SCC(=O)Nc2ccc(OC)cc2OC)nc2c([nH]c3ccccc32)c1=O. The van der Waals surface area contributed by atoms with Crippen LogP contribution in [-0.4, -0.2) is 40.4 Å². The highest BCUT2D eigenvalue weighted by molar-refractivity contribution is 7.99. The van der Waals surface area contributed by atoms with Gasteiger partial charge in [-0.3, -0.25) is 14.2 Å². The molecule has 4 aromatic rings. The maximum absolute atomic E-state index is 13.0. The van der Waals surface area contributed by atoms with Crippen molar-refractivity contribution in [2.24, 2.45) is 0 Å². The van der Waals surface area contributed by atoms with E-state index in [0.717, 1.165) is 10.9 Å². The monoisotopic (exact) mass is 438 g/mol. The highest BCUT2D eigenvalue weighted by Gasteiger charge is 2.16. The van der Waals surface area contributed by atoms with E-state index < -0.39 is 0 Å². The lowest BCUT2D eigenvalue weighted by Gasteiger charge is -2.12. The molecule has 0 bridgehead atoms. The van der Waals surface area contributed by atoms with Crippen molar-refractivity contribution < 1.29 is 14.3 Å². The fourth-order valence-corrected chi connectivity index (χ4v) is 4.24. The van der Waals surface area contributed by atoms with Crippen molar-refractivity contribution in [3.63, 3.8) is 0 Å². The number of anilines is 1. The van der Waals surface area contributed by atoms with Crippen molar-refractivity contribution in [3.05, 3.63) is 52.8 Å². The van der Waals surface area contributed by atoms with E-state index in [1.165, 1.54) is 18.9 Å². The summed E-state index contributed by atoms with van der Waals surface area (Å²) in [6, 6.07) is 12.8. The second kappa shape index (κ2) is 8.73. The van der Waals surface area contributed by atoms with Gasteiger partial charge in [0.1, 0.15) is 22.5 Å². The first-order chi connectivity index (χ1) is 15.0. The molecule has 1 amide bonds. The van der Waals surface area contributed by atoms with Crippen molar-refractivity contribution in [1.82, 2.24) is 14.5 Å². The number of ether oxygens (including phenoxy) is 2. The fraction of sp³-hybridized carbons (Fsp3) is 0.227. The van der Waals surface area contributed by atoms with Crippen LogP contribution in [0.15, 0.2) is 52.4 Å². The Kier molecular flexibility index (Phi) is 5.85. The van der Waals surface area contributed by atoms with Crippen molar-refractivity contribution >= 4 is 45.3 Å². The van der Waals surface area contributed by atoms with Gasteiger partial charge in [-0.15, -0.1) is 0 Å². The third-order valence-corrected chi connectivity index (χ3v) is 5.88. The van der Waals surface area contributed by atoms with E-state index >= 15 is 0 Å². The molecule has 2 N–H and O–H groups in total. The van der Waals surface area contributed by atoms with Crippen LogP contribution in [0.4, 0.5) is 5.69 Å². The summed E-state index contributed by atoms with van der Waals surface area (Å²) in [6.07, 6.45) is 0. The van der Waals surface area contributed by atoms with Gasteiger partial charge in [0.25, 0.3) is 5.56 Å². The molecule has 0 aliphatic heterocycles. The molecule has 0 saturated carbocycles. The maximum Gasteiger partial charge on any atom is 0.278 e. The summed E-state index contributed by atoms with van der Waals surface area (Å²) < 4.78 is 12.1. The number of aromatic amines is 1. The van der Waals surface area contributed by atoms with Gasteiger partial charge in [-0.25, -0.2) is 4.98 Å². The van der Waals surface area contributed by atoms with Gasteiger partial charge in [-0.1, -0.05) is 30.0 Å². The standard InChI is InChI=1S/C22H22N4O4S/c1-4-26-21(28)20-19(14-7-5-6-8-15(14)24-20)25-22(26)31-12-18(27)23-16-10-9-13(29-2)11-17(16)30-3/h5-11,24H,4,12H2,1-3H3,(H,23,27). The predicted octanol–water partition coefficient (Wildman–Crippen LogP) is 3.65. The molecule has 0 atom stereocenters. The molecule has 0 unspecified atom stereocenters. The van der Waals surface area contributed by atoms with Crippen molar-refractivity contribution in [3.8, 4) is 11.5 Å². The highest BCUT2D eigenvalue weighted by atomic mass is 32.2. The zero-order chi connectivity index (χ0) is 22.0. The average Bonchev–Trinajstić information content (AvgIpc) is 3.17. The minimum Gasteiger partial charge on any atom is -0.497 e. The third-order valence-electron chi connectivity index (χ3n) is 4.91. The number of amides is 1. The van der Waals surface area contributed by atoms with Crippen LogP contribution in [0, 0.1) is 0 Å². The van der Waals surface area contributed by atoms with E-state index in [0.29, 0.717) is 39.9 Å². The zero-order valence-electron chi connectivity index (χ0n) is 17.4. The molecule has 31 heavy (non-hydrogen) atoms. The Hall–Kier alpha value is -3.46. The van der Waals surface area contributed by atoms with Crippen LogP contribution in [-0.2, 0) is 11.3 Å². The molecule has 0 saturated heterocycles. The topological polar surface area (TPSA) is 98.2 Å². The van der Waals surface area contributed by atoms with Gasteiger partial charge >= 0.3 is 0 Å². The first-order valence-corrected chi connectivity index (χ1v) is 10.7. The van der Waals surface area contributed by atoms with E-state index in [1.807, 2.05) is 31.2 Å². The Morgan fingerprint density at radius 3 is 2.74 bits per heavy atom. The van der Waals surface area contributed by atoms with Gasteiger partial charge < -0.3 is 19.8 Å². The number of aromatic nitrogens is 3. The summed E-state index contributed by atoms with van der Waals surface area (Å²) in [4.78, 5) is 33.4. The van der Waals surface area contributed by atoms with Crippen LogP contribution < -0.4 is 20.3 Å². The number of benzene rings is 2. The van der Waals surface area contributed by atoms with Crippen LogP contribution >= 0.6 is 11.8 Å². The number of H-pyrrole nitrogens is 1. The molecule has 2 heterocycles. The molecule has 0 aliphatic carbocycles. The molecule has 160 valence electrons. The van der Waals surface area contributed by atoms with Crippen LogP contribution in [0.25, 0.3) is 21.9 Å². The quantitative estimate of drug-likeness (QED) is 0.338. The largest absolute Gasteiger partial charge is 0.497 e. The molecule has 8 nitrogen and oxygen atoms in total. The Morgan fingerprint density at radius 2 is 2.00 bits per heavy atom. The second-order valence-corrected chi connectivity index (χ2v) is 7.68. The molecule has 0 spiro atoms. The molecular formula is C22H22N4O4S. The highest BCUT2D eigenvalue weighted by Crippen LogP contribution is 2.29. The number of methoxy groups -OCH3 is 2. The van der Waals surface area contributed by atoms with Crippen molar-refractivity contribution in [2.75, 3.05) is 25.3 Å². The first-order valence-electron chi connectivity index (χ1n) is 9.71. The van der Waals surface area contributed by atoms with Gasteiger partial charge in [-0.05, 0) is 25.1 Å². The number of hydrogen-bond acceptors (Lipinski definition) is 6. The Bertz CT molecular complexity index is 1330. The van der Waals surface area contributed by atoms with Crippen LogP contribution in [0.2, 0.25) is 0 Å². The molecule has 0 aliphatic rings. The number of carbonyl (C=O) groups is 1. The smallest absolute Gasteiger partial charge is 0.278 e. The summed E-state index contributed by atoms with van der Waals surface area (Å²) in [5.74, 6) is 0.994. The molecule has 9 heteroatoms. The summed E-state index contributed by atoms with van der Waals surface area (Å²) >= 11 is 1.22. The van der Waals surface area contributed by atoms with Gasteiger partial charge in [0, 0.05) is 23.5 Å². The molecular weight excluding hydrogens is 416 g/mol. The lowest BCUT2D eigenvalue weighted by atomic mass is 10.2. The van der Waals surface area contributed by atoms with Crippen LogP contribution in [0.1, 0.15) is 6.92 Å². The molecule has 0 fully saturated rings. The summed E-state index contributed by atoms with van der Waals surface area (Å²) in [5.41, 5.74) is 2.34. The fourth-order valence-electron chi connectivity index (χ4n) is 3.38. The normalized spacial score (nSPS) is 11.1. The summed E-state index contributed by atoms with van der Waals surface area (Å²) in [5, 5.41) is 4.22. The second-order valence-electron chi connectivity index (χ2n) is 6.74. The number of rotatable bonds is 7. The Morgan fingerprint density at radius 1 is 1.19 bits per heavy atom.